The first-order valence-electron chi connectivity index (χ1n) is 9.86. The summed E-state index contributed by atoms with van der Waals surface area (Å²) >= 11 is 0. The van der Waals surface area contributed by atoms with Gasteiger partial charge in [-0.15, -0.1) is 0 Å². The van der Waals surface area contributed by atoms with E-state index in [0.29, 0.717) is 13.2 Å². The average Bonchev–Trinajstić information content (AvgIpc) is 2.63. The monoisotopic (exact) mass is 377 g/mol. The van der Waals surface area contributed by atoms with Gasteiger partial charge in [-0.1, -0.05) is 65.8 Å². The number of hydrogen-bond acceptors (Lipinski definition) is 3. The van der Waals surface area contributed by atoms with Gasteiger partial charge in [-0.25, -0.2) is 0 Å². The Bertz CT molecular complexity index is 907. The molecule has 0 spiro atoms. The lowest BCUT2D eigenvalue weighted by molar-refractivity contribution is 0.189. The van der Waals surface area contributed by atoms with Gasteiger partial charge in [0.05, 0.1) is 18.9 Å². The molecule has 3 rings (SSSR count). The van der Waals surface area contributed by atoms with Crippen LogP contribution in [0.3, 0.4) is 0 Å². The molecule has 0 atom stereocenters. The van der Waals surface area contributed by atoms with Crippen LogP contribution in [0.5, 0.6) is 11.5 Å². The Kier molecular flexibility index (Phi) is 5.64. The zero-order valence-electron chi connectivity index (χ0n) is 17.9. The molecule has 0 aliphatic heterocycles. The van der Waals surface area contributed by atoms with Crippen molar-refractivity contribution in [2.75, 3.05) is 13.2 Å². The van der Waals surface area contributed by atoms with Crippen LogP contribution in [0.4, 0.5) is 0 Å². The van der Waals surface area contributed by atoms with Gasteiger partial charge in [0.1, 0.15) is 11.5 Å². The number of aromatic nitrogens is 1. The van der Waals surface area contributed by atoms with Gasteiger partial charge in [0.2, 0.25) is 0 Å². The van der Waals surface area contributed by atoms with Gasteiger partial charge < -0.3 is 9.47 Å². The third kappa shape index (κ3) is 5.48. The van der Waals surface area contributed by atoms with Crippen LogP contribution in [0.15, 0.2) is 54.7 Å². The molecule has 3 aromatic rings. The molecule has 0 bridgehead atoms. The minimum Gasteiger partial charge on any atom is -0.493 e. The van der Waals surface area contributed by atoms with Crippen LogP contribution in [0.1, 0.15) is 41.5 Å². The predicted octanol–water partition coefficient (Wildman–Crippen LogP) is 6.75. The molecule has 0 aliphatic rings. The average molecular weight is 378 g/mol. The van der Waals surface area contributed by atoms with E-state index in [2.05, 4.69) is 70.8 Å². The Morgan fingerprint density at radius 3 is 1.89 bits per heavy atom. The number of ether oxygens (including phenoxy) is 2. The molecule has 1 heterocycles. The summed E-state index contributed by atoms with van der Waals surface area (Å²) in [6.07, 6.45) is 1.86. The SMILES string of the molecule is CC(C)(C)COc1cc(OCC(C)(C)C)cc(-c2nccc3ccccc23)c1. The molecule has 0 fully saturated rings. The first-order valence-corrected chi connectivity index (χ1v) is 9.86. The summed E-state index contributed by atoms with van der Waals surface area (Å²) in [5, 5.41) is 2.30. The van der Waals surface area contributed by atoms with Crippen molar-refractivity contribution < 1.29 is 9.47 Å². The zero-order valence-corrected chi connectivity index (χ0v) is 17.9. The molecule has 0 saturated heterocycles. The van der Waals surface area contributed by atoms with Crippen LogP contribution in [0.2, 0.25) is 0 Å². The molecule has 148 valence electrons. The first kappa shape index (κ1) is 20.2. The van der Waals surface area contributed by atoms with Gasteiger partial charge >= 0.3 is 0 Å². The number of hydrogen-bond donors (Lipinski definition) is 0. The van der Waals surface area contributed by atoms with E-state index in [0.717, 1.165) is 28.1 Å². The molecule has 0 amide bonds. The van der Waals surface area contributed by atoms with Crippen LogP contribution in [0.25, 0.3) is 22.0 Å². The summed E-state index contributed by atoms with van der Waals surface area (Å²) in [6, 6.07) is 16.4. The summed E-state index contributed by atoms with van der Waals surface area (Å²) in [7, 11) is 0. The van der Waals surface area contributed by atoms with Crippen LogP contribution in [0, 0.1) is 10.8 Å². The van der Waals surface area contributed by atoms with Crippen molar-refractivity contribution in [2.24, 2.45) is 10.8 Å². The summed E-state index contributed by atoms with van der Waals surface area (Å²) in [4.78, 5) is 4.67. The van der Waals surface area contributed by atoms with E-state index in [9.17, 15) is 0 Å². The Balaban J connectivity index is 2.03. The van der Waals surface area contributed by atoms with Gasteiger partial charge in [0.15, 0.2) is 0 Å². The fourth-order valence-electron chi connectivity index (χ4n) is 2.82. The molecule has 0 N–H and O–H groups in total. The highest BCUT2D eigenvalue weighted by atomic mass is 16.5. The molecule has 0 saturated carbocycles. The first-order chi connectivity index (χ1) is 13.1. The van der Waals surface area contributed by atoms with Gasteiger partial charge in [0.25, 0.3) is 0 Å². The van der Waals surface area contributed by atoms with E-state index < -0.39 is 0 Å². The normalized spacial score (nSPS) is 12.2. The standard InChI is InChI=1S/C25H31NO2/c1-24(2,3)16-27-20-13-19(14-21(15-20)28-17-25(4,5)6)23-22-10-8-7-9-18(22)11-12-26-23/h7-15H,16-17H2,1-6H3. The van der Waals surface area contributed by atoms with Crippen molar-refractivity contribution in [3.63, 3.8) is 0 Å². The maximum atomic E-state index is 6.11. The van der Waals surface area contributed by atoms with Gasteiger partial charge in [-0.2, -0.15) is 0 Å². The third-order valence-electron chi connectivity index (χ3n) is 4.17. The van der Waals surface area contributed by atoms with Gasteiger partial charge in [-0.05, 0) is 34.4 Å². The highest BCUT2D eigenvalue weighted by molar-refractivity contribution is 5.94. The summed E-state index contributed by atoms with van der Waals surface area (Å²) < 4.78 is 12.2. The van der Waals surface area contributed by atoms with Crippen molar-refractivity contribution in [1.82, 2.24) is 4.98 Å². The highest BCUT2D eigenvalue weighted by Crippen LogP contribution is 2.34. The Morgan fingerprint density at radius 2 is 1.32 bits per heavy atom. The molecule has 0 unspecified atom stereocenters. The highest BCUT2D eigenvalue weighted by Gasteiger charge is 2.16. The van der Waals surface area contributed by atoms with Crippen LogP contribution < -0.4 is 9.47 Å². The Labute approximate surface area is 168 Å². The molecule has 0 radical (unpaired) electrons. The fourth-order valence-corrected chi connectivity index (χ4v) is 2.82. The number of rotatable bonds is 5. The number of benzene rings is 2. The van der Waals surface area contributed by atoms with Crippen LogP contribution in [-0.4, -0.2) is 18.2 Å². The molecule has 0 aliphatic carbocycles. The van der Waals surface area contributed by atoms with Crippen LogP contribution in [-0.2, 0) is 0 Å². The molecular weight excluding hydrogens is 346 g/mol. The summed E-state index contributed by atoms with van der Waals surface area (Å²) in [5.41, 5.74) is 2.12. The second kappa shape index (κ2) is 7.83. The van der Waals surface area contributed by atoms with E-state index in [4.69, 9.17) is 9.47 Å². The second-order valence-electron chi connectivity index (χ2n) is 9.77. The fraction of sp³-hybridized carbons (Fsp3) is 0.400. The zero-order chi connectivity index (χ0) is 20.4. The van der Waals surface area contributed by atoms with Crippen molar-refractivity contribution in [3.8, 4) is 22.8 Å². The quantitative estimate of drug-likeness (QED) is 0.493. The maximum Gasteiger partial charge on any atom is 0.123 e. The van der Waals surface area contributed by atoms with E-state index in [1.807, 2.05) is 30.5 Å². The Morgan fingerprint density at radius 1 is 0.750 bits per heavy atom. The molecule has 3 heteroatoms. The summed E-state index contributed by atoms with van der Waals surface area (Å²) in [6.45, 7) is 14.3. The minimum absolute atomic E-state index is 0.0835. The molecule has 1 aromatic heterocycles. The molecular formula is C25H31NO2. The lowest BCUT2D eigenvalue weighted by atomic mass is 9.98. The van der Waals surface area contributed by atoms with Gasteiger partial charge in [0, 0.05) is 23.2 Å². The number of nitrogens with zero attached hydrogens (tertiary/aromatic N) is 1. The number of pyridine rings is 1. The largest absolute Gasteiger partial charge is 0.493 e. The Hall–Kier alpha value is -2.55. The lowest BCUT2D eigenvalue weighted by Gasteiger charge is -2.22. The van der Waals surface area contributed by atoms with Crippen molar-refractivity contribution in [3.05, 3.63) is 54.7 Å². The van der Waals surface area contributed by atoms with E-state index >= 15 is 0 Å². The second-order valence-corrected chi connectivity index (χ2v) is 9.77. The predicted molar refractivity (Wildman–Crippen MR) is 117 cm³/mol. The molecule has 28 heavy (non-hydrogen) atoms. The van der Waals surface area contributed by atoms with Crippen molar-refractivity contribution in [1.29, 1.82) is 0 Å². The van der Waals surface area contributed by atoms with E-state index in [1.54, 1.807) is 0 Å². The lowest BCUT2D eigenvalue weighted by Crippen LogP contribution is -2.18. The summed E-state index contributed by atoms with van der Waals surface area (Å²) in [5.74, 6) is 1.62. The van der Waals surface area contributed by atoms with E-state index in [-0.39, 0.29) is 10.8 Å². The van der Waals surface area contributed by atoms with Gasteiger partial charge in [-0.3, -0.25) is 4.98 Å². The topological polar surface area (TPSA) is 31.4 Å². The third-order valence-corrected chi connectivity index (χ3v) is 4.17. The maximum absolute atomic E-state index is 6.11. The van der Waals surface area contributed by atoms with Crippen LogP contribution >= 0.6 is 0 Å². The molecule has 2 aromatic carbocycles. The molecule has 3 nitrogen and oxygen atoms in total. The van der Waals surface area contributed by atoms with E-state index in [1.165, 1.54) is 5.39 Å². The smallest absolute Gasteiger partial charge is 0.123 e. The number of fused-ring (bicyclic) bond motifs is 1. The van der Waals surface area contributed by atoms with Crippen molar-refractivity contribution >= 4 is 10.8 Å². The minimum atomic E-state index is 0.0835. The van der Waals surface area contributed by atoms with Crippen molar-refractivity contribution in [2.45, 2.75) is 41.5 Å².